The van der Waals surface area contributed by atoms with Gasteiger partial charge in [-0.25, -0.2) is 0 Å². The molecule has 2 aliphatic heterocycles. The summed E-state index contributed by atoms with van der Waals surface area (Å²) in [6.45, 7) is 6.24. The van der Waals surface area contributed by atoms with Crippen LogP contribution in [0, 0.1) is 5.92 Å². The van der Waals surface area contributed by atoms with Crippen LogP contribution in [0.15, 0.2) is 0 Å². The van der Waals surface area contributed by atoms with Crippen LogP contribution in [-0.2, 0) is 9.53 Å². The third kappa shape index (κ3) is 3.68. The molecular weight excluding hydrogens is 244 g/mol. The van der Waals surface area contributed by atoms with Crippen molar-refractivity contribution in [3.63, 3.8) is 0 Å². The minimum atomic E-state index is -0.225. The van der Waals surface area contributed by atoms with Gasteiger partial charge in [0.15, 0.2) is 0 Å². The summed E-state index contributed by atoms with van der Waals surface area (Å²) in [5.41, 5.74) is 0. The zero-order valence-electron chi connectivity index (χ0n) is 12.0. The number of rotatable bonds is 3. The molecule has 2 heterocycles. The van der Waals surface area contributed by atoms with E-state index in [4.69, 9.17) is 9.84 Å². The van der Waals surface area contributed by atoms with Crippen molar-refractivity contribution in [2.24, 2.45) is 5.92 Å². The topological polar surface area (TPSA) is 61.8 Å². The van der Waals surface area contributed by atoms with E-state index in [1.165, 1.54) is 12.8 Å². The van der Waals surface area contributed by atoms with Gasteiger partial charge in [-0.15, -0.1) is 0 Å². The minimum Gasteiger partial charge on any atom is -0.394 e. The number of nitrogens with zero attached hydrogens (tertiary/aromatic N) is 1. The summed E-state index contributed by atoms with van der Waals surface area (Å²) >= 11 is 0. The summed E-state index contributed by atoms with van der Waals surface area (Å²) in [6, 6.07) is 0.401. The van der Waals surface area contributed by atoms with E-state index >= 15 is 0 Å². The predicted octanol–water partition coefficient (Wildman–Crippen LogP) is 0.373. The Balaban J connectivity index is 1.90. The highest BCUT2D eigenvalue weighted by molar-refractivity contribution is 5.77. The molecule has 5 heteroatoms. The molecule has 0 saturated carbocycles. The van der Waals surface area contributed by atoms with Crippen LogP contribution in [0.2, 0.25) is 0 Å². The van der Waals surface area contributed by atoms with Crippen molar-refractivity contribution in [3.8, 4) is 0 Å². The number of hydrogen-bond donors (Lipinski definition) is 2. The van der Waals surface area contributed by atoms with Gasteiger partial charge in [0.05, 0.1) is 25.4 Å². The maximum atomic E-state index is 12.4. The summed E-state index contributed by atoms with van der Waals surface area (Å²) < 4.78 is 5.47. The summed E-state index contributed by atoms with van der Waals surface area (Å²) in [4.78, 5) is 14.3. The zero-order valence-corrected chi connectivity index (χ0v) is 12.0. The van der Waals surface area contributed by atoms with Gasteiger partial charge in [-0.2, -0.15) is 0 Å². The zero-order chi connectivity index (χ0) is 13.8. The molecule has 2 fully saturated rings. The monoisotopic (exact) mass is 270 g/mol. The average molecular weight is 270 g/mol. The van der Waals surface area contributed by atoms with Crippen molar-refractivity contribution in [2.45, 2.75) is 51.3 Å². The first-order valence-corrected chi connectivity index (χ1v) is 7.37. The Labute approximate surface area is 115 Å². The number of carbonyl (C=O) groups is 1. The molecule has 0 aromatic heterocycles. The molecule has 0 aromatic carbocycles. The Kier molecular flexibility index (Phi) is 5.19. The summed E-state index contributed by atoms with van der Waals surface area (Å²) in [7, 11) is 0. The first-order valence-electron chi connectivity index (χ1n) is 7.37. The molecule has 0 bridgehead atoms. The lowest BCUT2D eigenvalue weighted by atomic mass is 9.90. The Morgan fingerprint density at radius 1 is 1.47 bits per heavy atom. The number of aliphatic hydroxyl groups is 1. The normalized spacial score (nSPS) is 36.3. The lowest BCUT2D eigenvalue weighted by Gasteiger charge is -2.39. The SMILES string of the molecule is CC1CCCNC1CC(=O)N1CC(CO)OCC1C. The number of piperidine rings is 1. The summed E-state index contributed by atoms with van der Waals surface area (Å²) in [5.74, 6) is 0.739. The van der Waals surface area contributed by atoms with Crippen molar-refractivity contribution in [1.82, 2.24) is 10.2 Å². The van der Waals surface area contributed by atoms with Gasteiger partial charge >= 0.3 is 0 Å². The van der Waals surface area contributed by atoms with Gasteiger partial charge in [0, 0.05) is 19.0 Å². The van der Waals surface area contributed by atoms with Crippen LogP contribution in [-0.4, -0.2) is 60.4 Å². The van der Waals surface area contributed by atoms with Crippen LogP contribution >= 0.6 is 0 Å². The fraction of sp³-hybridized carbons (Fsp3) is 0.929. The van der Waals surface area contributed by atoms with E-state index in [9.17, 15) is 4.79 Å². The van der Waals surface area contributed by atoms with Gasteiger partial charge in [-0.3, -0.25) is 4.79 Å². The van der Waals surface area contributed by atoms with Gasteiger partial charge in [0.1, 0.15) is 0 Å². The molecule has 0 aromatic rings. The summed E-state index contributed by atoms with van der Waals surface area (Å²) in [5, 5.41) is 12.6. The number of aliphatic hydroxyl groups excluding tert-OH is 1. The molecule has 19 heavy (non-hydrogen) atoms. The van der Waals surface area contributed by atoms with Crippen LogP contribution in [0.4, 0.5) is 0 Å². The second-order valence-electron chi connectivity index (χ2n) is 5.92. The number of nitrogens with one attached hydrogen (secondary N) is 1. The minimum absolute atomic E-state index is 0.0193. The van der Waals surface area contributed by atoms with E-state index in [1.807, 2.05) is 11.8 Å². The largest absolute Gasteiger partial charge is 0.394 e. The Morgan fingerprint density at radius 2 is 2.26 bits per heavy atom. The molecule has 110 valence electrons. The maximum absolute atomic E-state index is 12.4. The van der Waals surface area contributed by atoms with Crippen molar-refractivity contribution in [3.05, 3.63) is 0 Å². The molecule has 0 radical (unpaired) electrons. The van der Waals surface area contributed by atoms with Crippen LogP contribution in [0.5, 0.6) is 0 Å². The third-order valence-electron chi connectivity index (χ3n) is 4.35. The Hall–Kier alpha value is -0.650. The van der Waals surface area contributed by atoms with Crippen molar-refractivity contribution in [1.29, 1.82) is 0 Å². The van der Waals surface area contributed by atoms with Crippen LogP contribution in [0.1, 0.15) is 33.1 Å². The summed E-state index contributed by atoms with van der Waals surface area (Å²) in [6.07, 6.45) is 2.73. The maximum Gasteiger partial charge on any atom is 0.224 e. The highest BCUT2D eigenvalue weighted by Gasteiger charge is 2.32. The Morgan fingerprint density at radius 3 is 2.95 bits per heavy atom. The smallest absolute Gasteiger partial charge is 0.224 e. The molecule has 4 atom stereocenters. The lowest BCUT2D eigenvalue weighted by molar-refractivity contribution is -0.147. The number of morpholine rings is 1. The number of hydrogen-bond acceptors (Lipinski definition) is 4. The molecule has 2 N–H and O–H groups in total. The van der Waals surface area contributed by atoms with Crippen molar-refractivity contribution in [2.75, 3.05) is 26.3 Å². The van der Waals surface area contributed by atoms with Gasteiger partial charge < -0.3 is 20.1 Å². The molecule has 2 aliphatic rings. The first kappa shape index (κ1) is 14.8. The van der Waals surface area contributed by atoms with Crippen molar-refractivity contribution < 1.29 is 14.6 Å². The van der Waals surface area contributed by atoms with Gasteiger partial charge in [0.2, 0.25) is 5.91 Å². The standard InChI is InChI=1S/C14H26N2O3/c1-10-4-3-5-15-13(10)6-14(18)16-7-12(8-17)19-9-11(16)2/h10-13,15,17H,3-9H2,1-2H3. The molecule has 5 nitrogen and oxygen atoms in total. The fourth-order valence-electron chi connectivity index (χ4n) is 2.97. The second kappa shape index (κ2) is 6.68. The van der Waals surface area contributed by atoms with Crippen LogP contribution < -0.4 is 5.32 Å². The highest BCUT2D eigenvalue weighted by atomic mass is 16.5. The van der Waals surface area contributed by atoms with E-state index in [1.54, 1.807) is 0 Å². The fourth-order valence-corrected chi connectivity index (χ4v) is 2.97. The van der Waals surface area contributed by atoms with Crippen LogP contribution in [0.25, 0.3) is 0 Å². The number of amides is 1. The van der Waals surface area contributed by atoms with E-state index in [0.29, 0.717) is 31.5 Å². The Bertz CT molecular complexity index is 311. The molecule has 4 unspecified atom stereocenters. The molecule has 0 spiro atoms. The van der Waals surface area contributed by atoms with E-state index in [2.05, 4.69) is 12.2 Å². The molecule has 0 aliphatic carbocycles. The molecule has 1 amide bonds. The third-order valence-corrected chi connectivity index (χ3v) is 4.35. The van der Waals surface area contributed by atoms with Gasteiger partial charge in [-0.05, 0) is 32.2 Å². The van der Waals surface area contributed by atoms with Crippen molar-refractivity contribution >= 4 is 5.91 Å². The van der Waals surface area contributed by atoms with Gasteiger partial charge in [-0.1, -0.05) is 6.92 Å². The molecule has 2 rings (SSSR count). The number of ether oxygens (including phenoxy) is 1. The van der Waals surface area contributed by atoms with E-state index in [0.717, 1.165) is 6.54 Å². The van der Waals surface area contributed by atoms with Crippen LogP contribution in [0.3, 0.4) is 0 Å². The highest BCUT2D eigenvalue weighted by Crippen LogP contribution is 2.20. The number of carbonyl (C=O) groups excluding carboxylic acids is 1. The quantitative estimate of drug-likeness (QED) is 0.778. The second-order valence-corrected chi connectivity index (χ2v) is 5.92. The van der Waals surface area contributed by atoms with E-state index < -0.39 is 0 Å². The predicted molar refractivity (Wildman–Crippen MR) is 72.8 cm³/mol. The van der Waals surface area contributed by atoms with E-state index in [-0.39, 0.29) is 24.7 Å². The molecular formula is C14H26N2O3. The first-order chi connectivity index (χ1) is 9.11. The average Bonchev–Trinajstić information content (AvgIpc) is 2.42. The van der Waals surface area contributed by atoms with Gasteiger partial charge in [0.25, 0.3) is 0 Å². The molecule has 2 saturated heterocycles. The lowest BCUT2D eigenvalue weighted by Crippen LogP contribution is -2.54.